The van der Waals surface area contributed by atoms with Gasteiger partial charge in [-0.15, -0.1) is 0 Å². The van der Waals surface area contributed by atoms with Crippen molar-refractivity contribution < 1.29 is 14.3 Å². The maximum Gasteiger partial charge on any atom is 0.295 e. The molecule has 0 saturated carbocycles. The zero-order valence-electron chi connectivity index (χ0n) is 20.3. The summed E-state index contributed by atoms with van der Waals surface area (Å²) in [7, 11) is 1.50. The maximum absolute atomic E-state index is 13.5. The maximum atomic E-state index is 13.5. The molecule has 1 N–H and O–H groups in total. The predicted molar refractivity (Wildman–Crippen MR) is 136 cm³/mol. The monoisotopic (exact) mass is 493 g/mol. The molecule has 184 valence electrons. The first-order valence-electron chi connectivity index (χ1n) is 11.8. The van der Waals surface area contributed by atoms with E-state index in [1.165, 1.54) is 25.8 Å². The lowest BCUT2D eigenvalue weighted by Crippen LogP contribution is -2.42. The molecule has 0 spiro atoms. The Morgan fingerprint density at radius 2 is 1.84 bits per heavy atom. The van der Waals surface area contributed by atoms with E-state index in [0.717, 1.165) is 22.6 Å². The number of hydrogen-bond acceptors (Lipinski definition) is 7. The van der Waals surface area contributed by atoms with Crippen LogP contribution in [0.15, 0.2) is 61.6 Å². The van der Waals surface area contributed by atoms with E-state index in [0.29, 0.717) is 41.0 Å². The fourth-order valence-electron chi connectivity index (χ4n) is 4.86. The lowest BCUT2D eigenvalue weighted by molar-refractivity contribution is -0.127. The third-order valence-electron chi connectivity index (χ3n) is 6.74. The molecule has 1 aliphatic rings. The number of aromatic nitrogens is 6. The third-order valence-corrected chi connectivity index (χ3v) is 6.74. The van der Waals surface area contributed by atoms with Gasteiger partial charge >= 0.3 is 0 Å². The second-order valence-electron chi connectivity index (χ2n) is 8.84. The molecule has 1 amide bonds. The molecular weight excluding hydrogens is 470 g/mol. The molecular formula is C27H23N7O3. The van der Waals surface area contributed by atoms with E-state index in [-0.39, 0.29) is 12.1 Å². The van der Waals surface area contributed by atoms with Crippen LogP contribution in [0.1, 0.15) is 21.7 Å². The van der Waals surface area contributed by atoms with Crippen molar-refractivity contribution in [3.63, 3.8) is 0 Å². The number of carbonyl (C=O) groups is 2. The number of aromatic amines is 1. The first kappa shape index (κ1) is 22.6. The molecule has 0 unspecified atom stereocenters. The second kappa shape index (κ2) is 8.98. The van der Waals surface area contributed by atoms with Crippen LogP contribution in [0.25, 0.3) is 33.4 Å². The summed E-state index contributed by atoms with van der Waals surface area (Å²) in [4.78, 5) is 48.6. The number of methoxy groups -OCH3 is 1. The Morgan fingerprint density at radius 3 is 2.62 bits per heavy atom. The Hall–Kier alpha value is -4.86. The number of aryl methyl sites for hydroxylation is 1. The van der Waals surface area contributed by atoms with E-state index in [2.05, 4.69) is 48.5 Å². The van der Waals surface area contributed by atoms with Gasteiger partial charge in [0.15, 0.2) is 0 Å². The zero-order valence-corrected chi connectivity index (χ0v) is 20.3. The van der Waals surface area contributed by atoms with Crippen LogP contribution in [0.2, 0.25) is 0 Å². The molecule has 5 aromatic rings. The van der Waals surface area contributed by atoms with Gasteiger partial charge in [-0.05, 0) is 12.5 Å². The van der Waals surface area contributed by atoms with Crippen molar-refractivity contribution >= 4 is 22.6 Å². The lowest BCUT2D eigenvalue weighted by atomic mass is 10.1. The van der Waals surface area contributed by atoms with Crippen molar-refractivity contribution in [1.29, 1.82) is 0 Å². The molecule has 6 rings (SSSR count). The summed E-state index contributed by atoms with van der Waals surface area (Å²) in [5.74, 6) is -0.0658. The summed E-state index contributed by atoms with van der Waals surface area (Å²) in [6, 6.07) is 8.13. The molecule has 1 aromatic carbocycles. The molecule has 0 atom stereocenters. The number of ketones is 1. The van der Waals surface area contributed by atoms with Gasteiger partial charge in [-0.1, -0.05) is 24.3 Å². The van der Waals surface area contributed by atoms with Crippen molar-refractivity contribution in [3.05, 3.63) is 78.5 Å². The number of nitrogens with one attached hydrogen (secondary N) is 1. The molecule has 0 aliphatic carbocycles. The van der Waals surface area contributed by atoms with Gasteiger partial charge in [0.2, 0.25) is 0 Å². The highest BCUT2D eigenvalue weighted by Gasteiger charge is 2.31. The summed E-state index contributed by atoms with van der Waals surface area (Å²) in [5, 5.41) is 0.495. The van der Waals surface area contributed by atoms with E-state index in [1.807, 2.05) is 18.3 Å². The minimum Gasteiger partial charge on any atom is -0.494 e. The van der Waals surface area contributed by atoms with Crippen molar-refractivity contribution in [2.45, 2.75) is 20.0 Å². The number of carbonyl (C=O) groups excluding carboxylic acids is 2. The van der Waals surface area contributed by atoms with E-state index in [4.69, 9.17) is 4.74 Å². The zero-order chi connectivity index (χ0) is 25.5. The van der Waals surface area contributed by atoms with E-state index < -0.39 is 11.7 Å². The molecule has 0 radical (unpaired) electrons. The van der Waals surface area contributed by atoms with Crippen LogP contribution in [0.4, 0.5) is 0 Å². The Balaban J connectivity index is 1.31. The minimum absolute atomic E-state index is 0.229. The number of hydrogen-bond donors (Lipinski definition) is 1. The number of rotatable bonds is 5. The smallest absolute Gasteiger partial charge is 0.295 e. The number of nitrogens with zero attached hydrogens (tertiary/aromatic N) is 6. The fraction of sp³-hybridized carbons (Fsp3) is 0.185. The number of ether oxygens (including phenoxy) is 1. The number of benzene rings is 1. The van der Waals surface area contributed by atoms with E-state index >= 15 is 0 Å². The van der Waals surface area contributed by atoms with Crippen LogP contribution in [-0.2, 0) is 17.9 Å². The van der Waals surface area contributed by atoms with Crippen LogP contribution < -0.4 is 4.74 Å². The Kier molecular flexibility index (Phi) is 5.48. The van der Waals surface area contributed by atoms with Crippen molar-refractivity contribution in [1.82, 2.24) is 34.4 Å². The van der Waals surface area contributed by atoms with Crippen LogP contribution in [-0.4, -0.2) is 59.7 Å². The molecule has 37 heavy (non-hydrogen) atoms. The summed E-state index contributed by atoms with van der Waals surface area (Å²) < 4.78 is 7.61. The lowest BCUT2D eigenvalue weighted by Gasteiger charge is -2.28. The highest BCUT2D eigenvalue weighted by atomic mass is 16.5. The van der Waals surface area contributed by atoms with Gasteiger partial charge in [-0.3, -0.25) is 14.6 Å². The van der Waals surface area contributed by atoms with Gasteiger partial charge in [0.1, 0.15) is 17.9 Å². The second-order valence-corrected chi connectivity index (χ2v) is 8.84. The summed E-state index contributed by atoms with van der Waals surface area (Å²) in [6.45, 7) is 3.27. The molecule has 0 bridgehead atoms. The van der Waals surface area contributed by atoms with E-state index in [1.54, 1.807) is 17.3 Å². The van der Waals surface area contributed by atoms with Gasteiger partial charge < -0.3 is 19.2 Å². The number of Topliss-reactive ketones (excluding diaryl/α,β-unsaturated/α-hetero) is 1. The van der Waals surface area contributed by atoms with Crippen LogP contribution in [0.5, 0.6) is 5.75 Å². The molecule has 4 aromatic heterocycles. The number of pyridine rings is 1. The topological polar surface area (TPSA) is 119 Å². The molecule has 0 fully saturated rings. The predicted octanol–water partition coefficient (Wildman–Crippen LogP) is 3.43. The molecule has 10 heteroatoms. The van der Waals surface area contributed by atoms with Crippen molar-refractivity contribution in [2.75, 3.05) is 13.7 Å². The van der Waals surface area contributed by atoms with Gasteiger partial charge in [-0.25, -0.2) is 15.0 Å². The average molecular weight is 494 g/mol. The number of H-pyrrole nitrogens is 1. The van der Waals surface area contributed by atoms with Gasteiger partial charge in [0.05, 0.1) is 53.9 Å². The first-order chi connectivity index (χ1) is 18.1. The summed E-state index contributed by atoms with van der Waals surface area (Å²) in [6.07, 6.45) is 9.60. The SMILES string of the molecule is COc1cnc(-c2cncnc2)c2[nH]cc(C(=O)C(=O)N3CCn4c(-c5ccccc5C)cnc4C3)c12. The first-order valence-corrected chi connectivity index (χ1v) is 11.8. The molecule has 1 aliphatic heterocycles. The Bertz CT molecular complexity index is 1660. The molecule has 5 heterocycles. The van der Waals surface area contributed by atoms with Gasteiger partial charge in [0.25, 0.3) is 11.7 Å². The Labute approximate surface area is 212 Å². The highest BCUT2D eigenvalue weighted by molar-refractivity contribution is 6.45. The average Bonchev–Trinajstić information content (AvgIpc) is 3.57. The van der Waals surface area contributed by atoms with Crippen LogP contribution in [0.3, 0.4) is 0 Å². The number of amides is 1. The molecule has 0 saturated heterocycles. The van der Waals surface area contributed by atoms with Crippen molar-refractivity contribution in [2.24, 2.45) is 0 Å². The molecule has 10 nitrogen and oxygen atoms in total. The van der Waals surface area contributed by atoms with Crippen LogP contribution in [0, 0.1) is 6.92 Å². The number of imidazole rings is 1. The number of fused-ring (bicyclic) bond motifs is 2. The van der Waals surface area contributed by atoms with Gasteiger partial charge in [-0.2, -0.15) is 0 Å². The normalized spacial score (nSPS) is 13.0. The third kappa shape index (κ3) is 3.74. The quantitative estimate of drug-likeness (QED) is 0.294. The van der Waals surface area contributed by atoms with Gasteiger partial charge in [0, 0.05) is 42.8 Å². The van der Waals surface area contributed by atoms with E-state index in [9.17, 15) is 9.59 Å². The minimum atomic E-state index is -0.620. The summed E-state index contributed by atoms with van der Waals surface area (Å²) in [5.41, 5.74) is 5.31. The highest BCUT2D eigenvalue weighted by Crippen LogP contribution is 2.34. The standard InChI is InChI=1S/C27H23N7O3/c1-16-5-3-4-6-18(16)20-12-30-22-14-33(7-8-34(20)22)27(36)26(35)19-11-31-25-23(19)21(37-2)13-32-24(25)17-9-28-15-29-10-17/h3-6,9-13,15,31H,7-8,14H2,1-2H3. The Morgan fingerprint density at radius 1 is 1.03 bits per heavy atom. The fourth-order valence-corrected chi connectivity index (χ4v) is 4.86. The van der Waals surface area contributed by atoms with Crippen LogP contribution >= 0.6 is 0 Å². The summed E-state index contributed by atoms with van der Waals surface area (Å²) >= 11 is 0. The largest absolute Gasteiger partial charge is 0.494 e. The van der Waals surface area contributed by atoms with Crippen molar-refractivity contribution in [3.8, 4) is 28.3 Å².